The number of carbonyl (C=O) groups excluding carboxylic acids is 1. The number of carbonyl (C=O) groups is 2. The van der Waals surface area contributed by atoms with Crippen LogP contribution in [-0.2, 0) is 16.0 Å². The molecule has 28 heavy (non-hydrogen) atoms. The third-order valence-corrected chi connectivity index (χ3v) is 4.28. The lowest BCUT2D eigenvalue weighted by atomic mass is 9.93. The summed E-state index contributed by atoms with van der Waals surface area (Å²) < 4.78 is 28.9. The van der Waals surface area contributed by atoms with E-state index >= 15 is 0 Å². The van der Waals surface area contributed by atoms with E-state index in [-0.39, 0.29) is 24.3 Å². The molecule has 2 atom stereocenters. The number of aryl methyl sites for hydroxylation is 1. The second-order valence-electron chi connectivity index (χ2n) is 6.38. The van der Waals surface area contributed by atoms with E-state index < -0.39 is 42.6 Å². The maximum Gasteiger partial charge on any atom is 0.333 e. The zero-order chi connectivity index (χ0) is 20.3. The van der Waals surface area contributed by atoms with Gasteiger partial charge in [0.25, 0.3) is 0 Å². The van der Waals surface area contributed by atoms with Crippen LogP contribution in [-0.4, -0.2) is 49.2 Å². The number of pyridine rings is 1. The van der Waals surface area contributed by atoms with Crippen molar-refractivity contribution in [3.05, 3.63) is 47.6 Å². The molecule has 3 rings (SSSR count). The van der Waals surface area contributed by atoms with Gasteiger partial charge in [0.2, 0.25) is 5.91 Å². The molecule has 3 N–H and O–H groups in total. The quantitative estimate of drug-likeness (QED) is 0.690. The number of aliphatic carboxylic acids is 1. The van der Waals surface area contributed by atoms with Crippen molar-refractivity contribution in [2.24, 2.45) is 0 Å². The van der Waals surface area contributed by atoms with Crippen molar-refractivity contribution in [2.75, 3.05) is 0 Å². The number of nitrogens with zero attached hydrogens (tertiary/aromatic N) is 3. The van der Waals surface area contributed by atoms with Gasteiger partial charge in [-0.3, -0.25) is 4.79 Å². The first-order chi connectivity index (χ1) is 13.3. The Morgan fingerprint density at radius 2 is 2.07 bits per heavy atom. The number of halogens is 2. The van der Waals surface area contributed by atoms with Crippen molar-refractivity contribution in [3.63, 3.8) is 0 Å². The Labute approximate surface area is 158 Å². The number of aromatic hydroxyl groups is 1. The number of allylic oxidation sites excluding steroid dienone is 1. The Hall–Kier alpha value is -3.30. The number of hydrogen-bond acceptors (Lipinski definition) is 5. The summed E-state index contributed by atoms with van der Waals surface area (Å²) in [4.78, 5) is 27.3. The molecule has 0 saturated heterocycles. The van der Waals surface area contributed by atoms with E-state index in [0.29, 0.717) is 11.5 Å². The third kappa shape index (κ3) is 4.51. The van der Waals surface area contributed by atoms with Crippen molar-refractivity contribution in [2.45, 2.75) is 38.0 Å². The summed E-state index contributed by atoms with van der Waals surface area (Å²) in [6.07, 6.45) is -1.27. The van der Waals surface area contributed by atoms with Crippen molar-refractivity contribution in [1.82, 2.24) is 20.1 Å². The molecule has 0 aliphatic heterocycles. The van der Waals surface area contributed by atoms with Gasteiger partial charge in [-0.1, -0.05) is 0 Å². The molecule has 8 nitrogen and oxygen atoms in total. The molecule has 0 bridgehead atoms. The van der Waals surface area contributed by atoms with Gasteiger partial charge in [0.15, 0.2) is 5.82 Å². The molecule has 1 aliphatic carbocycles. The Kier molecular flexibility index (Phi) is 5.67. The molecule has 2 aromatic heterocycles. The van der Waals surface area contributed by atoms with Gasteiger partial charge in [0.05, 0.1) is 23.2 Å². The van der Waals surface area contributed by atoms with Gasteiger partial charge in [-0.25, -0.2) is 23.2 Å². The Morgan fingerprint density at radius 3 is 2.75 bits per heavy atom. The summed E-state index contributed by atoms with van der Waals surface area (Å²) in [6.45, 7) is 0. The first kappa shape index (κ1) is 19.5. The smallest absolute Gasteiger partial charge is 0.333 e. The number of carboxylic acids is 1. The summed E-state index contributed by atoms with van der Waals surface area (Å²) in [5, 5.41) is 24.9. The summed E-state index contributed by atoms with van der Waals surface area (Å²) >= 11 is 0. The summed E-state index contributed by atoms with van der Waals surface area (Å²) in [5.74, 6) is -1.52. The summed E-state index contributed by atoms with van der Waals surface area (Å²) in [6, 6.07) is 4.71. The minimum atomic E-state index is -1.86. The van der Waals surface area contributed by atoms with Gasteiger partial charge in [0.1, 0.15) is 18.1 Å². The number of amides is 1. The highest BCUT2D eigenvalue weighted by Gasteiger charge is 2.33. The van der Waals surface area contributed by atoms with Gasteiger partial charge in [-0.15, -0.1) is 0 Å². The molecule has 10 heteroatoms. The molecule has 0 radical (unpaired) electrons. The topological polar surface area (TPSA) is 117 Å². The minimum Gasteiger partial charge on any atom is -0.506 e. The van der Waals surface area contributed by atoms with Crippen molar-refractivity contribution in [3.8, 4) is 11.6 Å². The Morgan fingerprint density at radius 1 is 1.29 bits per heavy atom. The monoisotopic (exact) mass is 392 g/mol. The number of carboxylic acid groups (broad SMARTS) is 1. The van der Waals surface area contributed by atoms with Crippen LogP contribution in [0.3, 0.4) is 0 Å². The predicted molar refractivity (Wildman–Crippen MR) is 93.2 cm³/mol. The number of alkyl halides is 2. The van der Waals surface area contributed by atoms with Crippen molar-refractivity contribution >= 4 is 11.9 Å². The fraction of sp³-hybridized carbons (Fsp3) is 0.333. The van der Waals surface area contributed by atoms with Gasteiger partial charge < -0.3 is 15.5 Å². The lowest BCUT2D eigenvalue weighted by Crippen LogP contribution is -2.36. The molecule has 1 aliphatic rings. The Bertz CT molecular complexity index is 911. The van der Waals surface area contributed by atoms with Crippen molar-refractivity contribution in [1.29, 1.82) is 0 Å². The highest BCUT2D eigenvalue weighted by Crippen LogP contribution is 2.28. The van der Waals surface area contributed by atoms with Crippen LogP contribution in [0.1, 0.15) is 25.0 Å². The normalized spacial score (nSPS) is 19.5. The minimum absolute atomic E-state index is 0.0239. The predicted octanol–water partition coefficient (Wildman–Crippen LogP) is 1.83. The largest absolute Gasteiger partial charge is 0.506 e. The highest BCUT2D eigenvalue weighted by molar-refractivity contribution is 5.90. The van der Waals surface area contributed by atoms with Gasteiger partial charge >= 0.3 is 5.97 Å². The average Bonchev–Trinajstić information content (AvgIpc) is 3.11. The molecule has 2 heterocycles. The molecular formula is C18H18F2N4O4. The lowest BCUT2D eigenvalue weighted by Gasteiger charge is -2.24. The van der Waals surface area contributed by atoms with Gasteiger partial charge in [-0.2, -0.15) is 5.10 Å². The Balaban J connectivity index is 1.62. The van der Waals surface area contributed by atoms with Gasteiger partial charge in [-0.05, 0) is 18.2 Å². The molecule has 2 unspecified atom stereocenters. The molecule has 2 aromatic rings. The fourth-order valence-corrected chi connectivity index (χ4v) is 2.89. The zero-order valence-electron chi connectivity index (χ0n) is 14.7. The molecule has 148 valence electrons. The zero-order valence-corrected chi connectivity index (χ0v) is 14.7. The number of hydrogen-bond donors (Lipinski definition) is 3. The van der Waals surface area contributed by atoms with E-state index in [1.54, 1.807) is 18.3 Å². The van der Waals surface area contributed by atoms with Crippen molar-refractivity contribution < 1.29 is 28.6 Å². The lowest BCUT2D eigenvalue weighted by molar-refractivity contribution is -0.133. The van der Waals surface area contributed by atoms with E-state index in [2.05, 4.69) is 15.4 Å². The maximum absolute atomic E-state index is 14.0. The van der Waals surface area contributed by atoms with Crippen LogP contribution in [0.25, 0.3) is 5.82 Å². The number of aromatic nitrogens is 3. The second-order valence-corrected chi connectivity index (χ2v) is 6.38. The first-order valence-electron chi connectivity index (χ1n) is 8.57. The average molecular weight is 392 g/mol. The van der Waals surface area contributed by atoms with Crippen LogP contribution in [0, 0.1) is 0 Å². The van der Waals surface area contributed by atoms with Crippen LogP contribution >= 0.6 is 0 Å². The van der Waals surface area contributed by atoms with E-state index in [4.69, 9.17) is 5.11 Å². The van der Waals surface area contributed by atoms with E-state index in [1.165, 1.54) is 16.9 Å². The summed E-state index contributed by atoms with van der Waals surface area (Å²) in [7, 11) is 0. The van der Waals surface area contributed by atoms with E-state index in [1.807, 2.05) is 0 Å². The molecule has 0 spiro atoms. The molecule has 1 amide bonds. The van der Waals surface area contributed by atoms with Crippen LogP contribution in [0.2, 0.25) is 0 Å². The number of rotatable bonds is 6. The van der Waals surface area contributed by atoms with Crippen LogP contribution in [0.15, 0.2) is 41.9 Å². The van der Waals surface area contributed by atoms with E-state index in [9.17, 15) is 23.5 Å². The summed E-state index contributed by atoms with van der Waals surface area (Å²) in [5.41, 5.74) is -0.241. The molecule has 0 saturated carbocycles. The molecular weight excluding hydrogens is 374 g/mol. The van der Waals surface area contributed by atoms with Crippen LogP contribution < -0.4 is 5.32 Å². The van der Waals surface area contributed by atoms with E-state index in [0.717, 1.165) is 0 Å². The van der Waals surface area contributed by atoms with Crippen LogP contribution in [0.4, 0.5) is 8.78 Å². The maximum atomic E-state index is 14.0. The van der Waals surface area contributed by atoms with Crippen LogP contribution in [0.5, 0.6) is 5.75 Å². The standard InChI is InChI=1S/C18H18F2N4O4/c19-10-7-13(18(27)28)17(14(20)8-10)22-16(26)4-1-11-5-6-24(23-11)15-3-2-12(25)9-21-15/h2-3,5-6,9-10,14,25H,1,4,7-8H2,(H,22,26)(H,27,28). The highest BCUT2D eigenvalue weighted by atomic mass is 19.1. The fourth-order valence-electron chi connectivity index (χ4n) is 2.89. The third-order valence-electron chi connectivity index (χ3n) is 4.28. The SMILES string of the molecule is O=C(CCc1ccn(-c2ccc(O)cn2)n1)NC1=C(C(=O)O)CC(F)CC1F. The number of nitrogens with one attached hydrogen (secondary N) is 1. The second kappa shape index (κ2) is 8.15. The first-order valence-corrected chi connectivity index (χ1v) is 8.57. The molecule has 0 fully saturated rings. The van der Waals surface area contributed by atoms with Gasteiger partial charge in [0, 0.05) is 31.9 Å². The molecule has 0 aromatic carbocycles.